The number of hydrogen-bond acceptors (Lipinski definition) is 1. The Kier molecular flexibility index (Phi) is 7.07. The summed E-state index contributed by atoms with van der Waals surface area (Å²) in [6.45, 7) is -2.53. The van der Waals surface area contributed by atoms with E-state index >= 15 is 0 Å². The van der Waals surface area contributed by atoms with Crippen molar-refractivity contribution in [2.24, 2.45) is 0 Å². The van der Waals surface area contributed by atoms with Gasteiger partial charge in [0.1, 0.15) is 0 Å². The van der Waals surface area contributed by atoms with Crippen molar-refractivity contribution >= 4 is 44.9 Å². The fourth-order valence-corrected chi connectivity index (χ4v) is 8.46. The number of Topliss-reactive ketones (excluding diaryl/α,β-unsaturated/α-hetero) is 1. The van der Waals surface area contributed by atoms with E-state index in [2.05, 4.69) is 36.4 Å². The minimum atomic E-state index is -2.53. The maximum absolute atomic E-state index is 13.6. The van der Waals surface area contributed by atoms with Gasteiger partial charge in [-0.15, -0.1) is 0 Å². The third-order valence-corrected chi connectivity index (χ3v) is 9.89. The minimum absolute atomic E-state index is 0. The van der Waals surface area contributed by atoms with Crippen LogP contribution in [0.2, 0.25) is 0 Å². The van der Waals surface area contributed by atoms with Crippen molar-refractivity contribution in [1.82, 2.24) is 0 Å². The van der Waals surface area contributed by atoms with Crippen LogP contribution in [0.4, 0.5) is 0 Å². The first-order valence-electron chi connectivity index (χ1n) is 9.43. The van der Waals surface area contributed by atoms with Crippen LogP contribution < -0.4 is 15.9 Å². The number of carbonyl (C=O) groups excluding carboxylic acids is 1. The summed E-state index contributed by atoms with van der Waals surface area (Å²) >= 11 is 7.11. The van der Waals surface area contributed by atoms with E-state index in [0.717, 1.165) is 15.9 Å². The lowest BCUT2D eigenvalue weighted by Crippen LogP contribution is -2.31. The number of hydrogen-bond donors (Lipinski definition) is 0. The fourth-order valence-electron chi connectivity index (χ4n) is 3.60. The lowest BCUT2D eigenvalue weighted by molar-refractivity contribution is 0.107. The fraction of sp³-hybridized carbons (Fsp3) is 0. The highest BCUT2D eigenvalue weighted by atomic mass is 35.5. The maximum Gasteiger partial charge on any atom is 0.205 e. The molecular weight excluding hydrogens is 411 g/mol. The van der Waals surface area contributed by atoms with Crippen molar-refractivity contribution in [1.29, 1.82) is 0 Å². The second-order valence-corrected chi connectivity index (χ2v) is 10.6. The Morgan fingerprint density at radius 2 is 0.833 bits per heavy atom. The van der Waals surface area contributed by atoms with Gasteiger partial charge in [-0.1, -0.05) is 133 Å². The molecule has 4 aromatic rings. The van der Waals surface area contributed by atoms with Gasteiger partial charge in [0.15, 0.2) is 0 Å². The van der Waals surface area contributed by atoms with Crippen molar-refractivity contribution < 1.29 is 10.3 Å². The first-order valence-corrected chi connectivity index (χ1v) is 11.6. The molecule has 2 nitrogen and oxygen atoms in total. The monoisotopic (exact) mass is 432 g/mol. The Labute approximate surface area is 182 Å². The van der Waals surface area contributed by atoms with Gasteiger partial charge >= 0.3 is 0 Å². The first kappa shape index (κ1) is 21.8. The van der Waals surface area contributed by atoms with Gasteiger partial charge in [0.25, 0.3) is 0 Å². The quantitative estimate of drug-likeness (QED) is 0.340. The number of benzene rings is 4. The third kappa shape index (κ3) is 3.91. The molecule has 0 amide bonds. The summed E-state index contributed by atoms with van der Waals surface area (Å²) in [5, 5.41) is 3.19. The molecule has 0 heterocycles. The molecule has 4 rings (SSSR count). The van der Waals surface area contributed by atoms with Crippen LogP contribution in [0, 0.1) is 0 Å². The summed E-state index contributed by atoms with van der Waals surface area (Å²) in [5.41, 5.74) is 0.602. The highest BCUT2D eigenvalue weighted by molar-refractivity contribution is 7.98. The van der Waals surface area contributed by atoms with Gasteiger partial charge in [-0.25, -0.2) is 0 Å². The van der Waals surface area contributed by atoms with Crippen LogP contribution in [0.15, 0.2) is 121 Å². The van der Waals surface area contributed by atoms with E-state index in [1.807, 2.05) is 84.9 Å². The Hall–Kier alpha value is -2.90. The van der Waals surface area contributed by atoms with E-state index in [4.69, 9.17) is 11.6 Å². The molecule has 4 aromatic carbocycles. The summed E-state index contributed by atoms with van der Waals surface area (Å²) < 4.78 is 0.368. The van der Waals surface area contributed by atoms with Crippen molar-refractivity contribution in [3.05, 3.63) is 127 Å². The number of carbonyl (C=O) groups is 1. The molecule has 0 aromatic heterocycles. The van der Waals surface area contributed by atoms with Gasteiger partial charge in [-0.05, 0) is 22.8 Å². The van der Waals surface area contributed by atoms with Crippen molar-refractivity contribution in [2.45, 2.75) is 0 Å². The average Bonchev–Trinajstić information content (AvgIpc) is 2.82. The SMILES string of the molecule is O.O=C(C(Cl)=P(c1ccccc1)(c1ccccc1)c1ccccc1)c1ccccc1. The molecular formula is C26H22ClO2P. The Morgan fingerprint density at radius 3 is 1.17 bits per heavy atom. The Morgan fingerprint density at radius 1 is 0.533 bits per heavy atom. The maximum atomic E-state index is 13.6. The van der Waals surface area contributed by atoms with E-state index in [0.29, 0.717) is 10.3 Å². The molecule has 0 fully saturated rings. The molecule has 0 spiro atoms. The van der Waals surface area contributed by atoms with E-state index in [1.54, 1.807) is 0 Å². The molecule has 0 atom stereocenters. The van der Waals surface area contributed by atoms with Crippen LogP contribution in [-0.2, 0) is 0 Å². The first-order chi connectivity index (χ1) is 14.2. The number of rotatable bonds is 5. The van der Waals surface area contributed by atoms with Gasteiger partial charge in [0.05, 0.1) is 4.75 Å². The molecule has 0 radical (unpaired) electrons. The molecule has 0 unspecified atom stereocenters. The summed E-state index contributed by atoms with van der Waals surface area (Å²) in [6.07, 6.45) is 0. The topological polar surface area (TPSA) is 48.6 Å². The molecule has 4 heteroatoms. The van der Waals surface area contributed by atoms with Crippen LogP contribution in [0.1, 0.15) is 10.4 Å². The zero-order valence-electron chi connectivity index (χ0n) is 16.3. The Balaban J connectivity index is 0.00000256. The molecule has 0 aliphatic rings. The second kappa shape index (κ2) is 9.73. The van der Waals surface area contributed by atoms with Gasteiger partial charge < -0.3 is 5.48 Å². The average molecular weight is 433 g/mol. The van der Waals surface area contributed by atoms with E-state index < -0.39 is 6.89 Å². The predicted molar refractivity (Wildman–Crippen MR) is 130 cm³/mol. The molecule has 2 N–H and O–H groups in total. The lowest BCUT2D eigenvalue weighted by Gasteiger charge is -2.30. The van der Waals surface area contributed by atoms with Gasteiger partial charge in [-0.3, -0.25) is 4.79 Å². The lowest BCUT2D eigenvalue weighted by atomic mass is 10.2. The van der Waals surface area contributed by atoms with Crippen LogP contribution in [0.3, 0.4) is 0 Å². The van der Waals surface area contributed by atoms with E-state index in [9.17, 15) is 4.79 Å². The highest BCUT2D eigenvalue weighted by Gasteiger charge is 2.32. The van der Waals surface area contributed by atoms with Gasteiger partial charge in [0, 0.05) is 5.56 Å². The summed E-state index contributed by atoms with van der Waals surface area (Å²) in [6, 6.07) is 39.7. The van der Waals surface area contributed by atoms with Gasteiger partial charge in [-0.2, -0.15) is 0 Å². The zero-order chi connectivity index (χ0) is 20.1. The zero-order valence-corrected chi connectivity index (χ0v) is 17.9. The molecule has 0 aliphatic heterocycles. The largest absolute Gasteiger partial charge is 0.412 e. The highest BCUT2D eigenvalue weighted by Crippen LogP contribution is 2.47. The van der Waals surface area contributed by atoms with Crippen LogP contribution in [0.5, 0.6) is 0 Å². The van der Waals surface area contributed by atoms with Crippen LogP contribution in [0.25, 0.3) is 0 Å². The molecule has 0 aliphatic carbocycles. The van der Waals surface area contributed by atoms with Crippen LogP contribution in [-0.4, -0.2) is 16.0 Å². The summed E-state index contributed by atoms with van der Waals surface area (Å²) in [7, 11) is 0. The Bertz CT molecular complexity index is 1060. The minimum Gasteiger partial charge on any atom is -0.412 e. The van der Waals surface area contributed by atoms with Crippen LogP contribution >= 0.6 is 18.5 Å². The van der Waals surface area contributed by atoms with Gasteiger partial charge in [0.2, 0.25) is 5.78 Å². The normalized spacial score (nSPS) is 10.7. The number of ketones is 1. The standard InChI is InChI=1S/C26H20ClOP.H2O/c27-26(25(28)21-13-5-1-6-14-21)29(22-15-7-2-8-16-22,23-17-9-3-10-18-23)24-19-11-4-12-20-24;/h1-20H;1H2. The van der Waals surface area contributed by atoms with E-state index in [-0.39, 0.29) is 11.3 Å². The predicted octanol–water partition coefficient (Wildman–Crippen LogP) is 4.41. The summed E-state index contributed by atoms with van der Waals surface area (Å²) in [4.78, 5) is 13.6. The van der Waals surface area contributed by atoms with Crippen molar-refractivity contribution in [3.8, 4) is 0 Å². The molecule has 30 heavy (non-hydrogen) atoms. The van der Waals surface area contributed by atoms with Crippen molar-refractivity contribution in [3.63, 3.8) is 0 Å². The third-order valence-electron chi connectivity index (χ3n) is 4.95. The van der Waals surface area contributed by atoms with E-state index in [1.165, 1.54) is 0 Å². The molecule has 150 valence electrons. The molecule has 0 bridgehead atoms. The smallest absolute Gasteiger partial charge is 0.205 e. The molecule has 0 saturated carbocycles. The van der Waals surface area contributed by atoms with Crippen molar-refractivity contribution in [2.75, 3.05) is 0 Å². The number of halogens is 1. The molecule has 0 saturated heterocycles. The summed E-state index contributed by atoms with van der Waals surface area (Å²) in [5.74, 6) is -0.128. The second-order valence-electron chi connectivity index (χ2n) is 6.66.